The van der Waals surface area contributed by atoms with E-state index in [-0.39, 0.29) is 0 Å². The zero-order valence-corrected chi connectivity index (χ0v) is 12.7. The molecule has 0 heterocycles. The fourth-order valence-electron chi connectivity index (χ4n) is 1.92. The highest BCUT2D eigenvalue weighted by atomic mass is 16.5. The van der Waals surface area contributed by atoms with Gasteiger partial charge in [0.2, 0.25) is 0 Å². The van der Waals surface area contributed by atoms with E-state index in [1.807, 2.05) is 0 Å². The van der Waals surface area contributed by atoms with Crippen molar-refractivity contribution < 1.29 is 4.74 Å². The monoisotopic (exact) mass is 244 g/mol. The van der Waals surface area contributed by atoms with Crippen LogP contribution in [0.2, 0.25) is 0 Å². The summed E-state index contributed by atoms with van der Waals surface area (Å²) in [6.07, 6.45) is 1.20. The molecule has 0 aliphatic heterocycles. The summed E-state index contributed by atoms with van der Waals surface area (Å²) in [5, 5.41) is 3.60. The molecular formula is C14H32N2O. The molecule has 0 aliphatic rings. The molecule has 3 nitrogen and oxygen atoms in total. The molecule has 17 heavy (non-hydrogen) atoms. The third-order valence-corrected chi connectivity index (χ3v) is 3.56. The first-order valence-electron chi connectivity index (χ1n) is 6.92. The van der Waals surface area contributed by atoms with Crippen LogP contribution in [0.4, 0.5) is 0 Å². The second-order valence-corrected chi connectivity index (χ2v) is 5.53. The Bertz CT molecular complexity index is 183. The maximum atomic E-state index is 5.16. The van der Waals surface area contributed by atoms with Gasteiger partial charge in [-0.2, -0.15) is 0 Å². The number of rotatable bonds is 10. The molecule has 104 valence electrons. The Labute approximate surface area is 108 Å². The maximum Gasteiger partial charge on any atom is 0.0589 e. The molecule has 3 heteroatoms. The average Bonchev–Trinajstić information content (AvgIpc) is 2.31. The van der Waals surface area contributed by atoms with E-state index >= 15 is 0 Å². The van der Waals surface area contributed by atoms with Gasteiger partial charge in [0, 0.05) is 26.2 Å². The molecule has 0 aromatic rings. The molecule has 0 aromatic carbocycles. The molecule has 0 amide bonds. The maximum absolute atomic E-state index is 5.16. The highest BCUT2D eigenvalue weighted by Crippen LogP contribution is 2.22. The van der Waals surface area contributed by atoms with E-state index in [0.29, 0.717) is 11.5 Å². The molecule has 0 bridgehead atoms. The number of methoxy groups -OCH3 is 1. The van der Waals surface area contributed by atoms with E-state index in [1.165, 1.54) is 6.42 Å². The van der Waals surface area contributed by atoms with Crippen molar-refractivity contribution in [2.75, 3.05) is 39.9 Å². The van der Waals surface area contributed by atoms with Crippen LogP contribution in [0.1, 0.15) is 41.0 Å². The molecule has 1 atom stereocenters. The van der Waals surface area contributed by atoms with Crippen molar-refractivity contribution in [2.24, 2.45) is 5.41 Å². The van der Waals surface area contributed by atoms with Gasteiger partial charge < -0.3 is 15.0 Å². The minimum atomic E-state index is 0.291. The van der Waals surface area contributed by atoms with Gasteiger partial charge in [0.1, 0.15) is 0 Å². The van der Waals surface area contributed by atoms with E-state index in [1.54, 1.807) is 7.11 Å². The van der Waals surface area contributed by atoms with Crippen molar-refractivity contribution in [1.29, 1.82) is 0 Å². The molecule has 0 spiro atoms. The number of ether oxygens (including phenoxy) is 1. The van der Waals surface area contributed by atoms with Crippen molar-refractivity contribution >= 4 is 0 Å². The van der Waals surface area contributed by atoms with Crippen LogP contribution in [0.15, 0.2) is 0 Å². The fraction of sp³-hybridized carbons (Fsp3) is 1.00. The second-order valence-electron chi connectivity index (χ2n) is 5.53. The van der Waals surface area contributed by atoms with Gasteiger partial charge in [-0.05, 0) is 31.8 Å². The van der Waals surface area contributed by atoms with Gasteiger partial charge in [0.15, 0.2) is 0 Å². The lowest BCUT2D eigenvalue weighted by atomic mass is 9.84. The van der Waals surface area contributed by atoms with Gasteiger partial charge >= 0.3 is 0 Å². The van der Waals surface area contributed by atoms with E-state index in [2.05, 4.69) is 44.8 Å². The Hall–Kier alpha value is -0.120. The summed E-state index contributed by atoms with van der Waals surface area (Å²) in [5.41, 5.74) is 0.291. The normalized spacial score (nSPS) is 14.3. The van der Waals surface area contributed by atoms with Gasteiger partial charge in [-0.1, -0.05) is 27.7 Å². The molecule has 0 aromatic heterocycles. The molecule has 0 saturated carbocycles. The van der Waals surface area contributed by atoms with Crippen LogP contribution in [0.25, 0.3) is 0 Å². The Balaban J connectivity index is 4.17. The summed E-state index contributed by atoms with van der Waals surface area (Å²) < 4.78 is 5.16. The smallest absolute Gasteiger partial charge is 0.0589 e. The minimum absolute atomic E-state index is 0.291. The van der Waals surface area contributed by atoms with Crippen LogP contribution in [-0.2, 0) is 4.74 Å². The molecule has 1 unspecified atom stereocenters. The quantitative estimate of drug-likeness (QED) is 0.638. The average molecular weight is 244 g/mol. The van der Waals surface area contributed by atoms with Crippen LogP contribution in [-0.4, -0.2) is 50.8 Å². The highest BCUT2D eigenvalue weighted by Gasteiger charge is 2.27. The summed E-state index contributed by atoms with van der Waals surface area (Å²) in [7, 11) is 1.77. The number of hydrogen-bond donors (Lipinski definition) is 1. The minimum Gasteiger partial charge on any atom is -0.383 e. The molecule has 0 aliphatic carbocycles. The molecule has 0 radical (unpaired) electrons. The van der Waals surface area contributed by atoms with Crippen molar-refractivity contribution in [1.82, 2.24) is 10.2 Å². The molecule has 0 fully saturated rings. The lowest BCUT2D eigenvalue weighted by Gasteiger charge is -2.37. The highest BCUT2D eigenvalue weighted by molar-refractivity contribution is 4.83. The molecule has 0 saturated heterocycles. The first kappa shape index (κ1) is 16.9. The van der Waals surface area contributed by atoms with Gasteiger partial charge in [-0.3, -0.25) is 0 Å². The predicted molar refractivity (Wildman–Crippen MR) is 75.5 cm³/mol. The van der Waals surface area contributed by atoms with Crippen LogP contribution in [0.3, 0.4) is 0 Å². The summed E-state index contributed by atoms with van der Waals surface area (Å²) in [5.74, 6) is 0. The van der Waals surface area contributed by atoms with Gasteiger partial charge in [0.25, 0.3) is 0 Å². The Morgan fingerprint density at radius 1 is 1.29 bits per heavy atom. The van der Waals surface area contributed by atoms with Gasteiger partial charge in [-0.15, -0.1) is 0 Å². The molecule has 0 rings (SSSR count). The van der Waals surface area contributed by atoms with Crippen LogP contribution in [0.5, 0.6) is 0 Å². The standard InChI is InChI=1S/C14H32N2O/c1-7-9-15-13(3)14(4,5)12-16(8-2)10-11-17-6/h13,15H,7-12H2,1-6H3. The lowest BCUT2D eigenvalue weighted by molar-refractivity contribution is 0.107. The van der Waals surface area contributed by atoms with Crippen LogP contribution < -0.4 is 5.32 Å². The number of likely N-dealkylation sites (N-methyl/N-ethyl adjacent to an activating group) is 1. The van der Waals surface area contributed by atoms with Crippen molar-refractivity contribution in [3.8, 4) is 0 Å². The third kappa shape index (κ3) is 7.02. The fourth-order valence-corrected chi connectivity index (χ4v) is 1.92. The van der Waals surface area contributed by atoms with E-state index < -0.39 is 0 Å². The summed E-state index contributed by atoms with van der Waals surface area (Å²) in [4.78, 5) is 2.47. The summed E-state index contributed by atoms with van der Waals surface area (Å²) in [6.45, 7) is 16.6. The first-order valence-corrected chi connectivity index (χ1v) is 6.92. The predicted octanol–water partition coefficient (Wildman–Crippen LogP) is 2.37. The Morgan fingerprint density at radius 2 is 1.94 bits per heavy atom. The van der Waals surface area contributed by atoms with E-state index in [0.717, 1.165) is 32.8 Å². The van der Waals surface area contributed by atoms with Crippen LogP contribution in [0, 0.1) is 5.41 Å². The third-order valence-electron chi connectivity index (χ3n) is 3.56. The number of nitrogens with one attached hydrogen (secondary N) is 1. The summed E-state index contributed by atoms with van der Waals surface area (Å²) >= 11 is 0. The topological polar surface area (TPSA) is 24.5 Å². The SMILES string of the molecule is CCCNC(C)C(C)(C)CN(CC)CCOC. The van der Waals surface area contributed by atoms with Crippen LogP contribution >= 0.6 is 0 Å². The number of hydrogen-bond acceptors (Lipinski definition) is 3. The van der Waals surface area contributed by atoms with Crippen molar-refractivity contribution in [2.45, 2.75) is 47.1 Å². The number of nitrogens with zero attached hydrogens (tertiary/aromatic N) is 1. The van der Waals surface area contributed by atoms with Crippen molar-refractivity contribution in [3.63, 3.8) is 0 Å². The Kier molecular flexibility index (Phi) is 8.83. The van der Waals surface area contributed by atoms with Gasteiger partial charge in [0.05, 0.1) is 6.61 Å². The zero-order chi connectivity index (χ0) is 13.3. The second kappa shape index (κ2) is 8.90. The first-order chi connectivity index (χ1) is 7.97. The summed E-state index contributed by atoms with van der Waals surface area (Å²) in [6, 6.07) is 0.541. The van der Waals surface area contributed by atoms with Gasteiger partial charge in [-0.25, -0.2) is 0 Å². The lowest BCUT2D eigenvalue weighted by Crippen LogP contribution is -2.47. The molecule has 1 N–H and O–H groups in total. The van der Waals surface area contributed by atoms with E-state index in [9.17, 15) is 0 Å². The Morgan fingerprint density at radius 3 is 2.41 bits per heavy atom. The largest absolute Gasteiger partial charge is 0.383 e. The van der Waals surface area contributed by atoms with Crippen molar-refractivity contribution in [3.05, 3.63) is 0 Å². The van der Waals surface area contributed by atoms with E-state index in [4.69, 9.17) is 4.74 Å². The molecular weight excluding hydrogens is 212 g/mol. The zero-order valence-electron chi connectivity index (χ0n) is 12.7.